The normalized spacial score (nSPS) is 16.3. The fourth-order valence-electron chi connectivity index (χ4n) is 2.71. The van der Waals surface area contributed by atoms with Gasteiger partial charge in [-0.3, -0.25) is 0 Å². The molecule has 1 aromatic heterocycles. The van der Waals surface area contributed by atoms with E-state index in [1.165, 1.54) is 25.7 Å². The third-order valence-corrected chi connectivity index (χ3v) is 3.83. The van der Waals surface area contributed by atoms with Crippen molar-refractivity contribution < 1.29 is 0 Å². The van der Waals surface area contributed by atoms with Gasteiger partial charge in [0.25, 0.3) is 0 Å². The Hall–Kier alpha value is -1.32. The van der Waals surface area contributed by atoms with Crippen LogP contribution in [0.15, 0.2) is 6.07 Å². The average Bonchev–Trinajstić information content (AvgIpc) is 2.68. The summed E-state index contributed by atoms with van der Waals surface area (Å²) >= 11 is 0. The first-order chi connectivity index (χ1) is 9.24. The molecule has 0 spiro atoms. The number of hydrogen-bond acceptors (Lipinski definition) is 4. The summed E-state index contributed by atoms with van der Waals surface area (Å²) in [6, 6.07) is 2.16. The second-order valence-corrected chi connectivity index (χ2v) is 5.21. The Balaban J connectivity index is 2.24. The molecule has 1 aliphatic heterocycles. The maximum Gasteiger partial charge on any atom is 0.134 e. The zero-order chi connectivity index (χ0) is 13.7. The smallest absolute Gasteiger partial charge is 0.134 e. The Morgan fingerprint density at radius 2 is 1.68 bits per heavy atom. The van der Waals surface area contributed by atoms with Crippen molar-refractivity contribution in [1.82, 2.24) is 9.97 Å². The van der Waals surface area contributed by atoms with Crippen molar-refractivity contribution in [2.45, 2.75) is 46.5 Å². The lowest BCUT2D eigenvalue weighted by Gasteiger charge is -2.25. The van der Waals surface area contributed by atoms with Crippen LogP contribution in [0.1, 0.15) is 45.4 Å². The van der Waals surface area contributed by atoms with Crippen molar-refractivity contribution in [1.29, 1.82) is 0 Å². The highest BCUT2D eigenvalue weighted by atomic mass is 15.2. The van der Waals surface area contributed by atoms with Crippen LogP contribution in [0.4, 0.5) is 11.6 Å². The van der Waals surface area contributed by atoms with Crippen LogP contribution >= 0.6 is 0 Å². The molecular weight excluding hydrogens is 236 g/mol. The first-order valence-corrected chi connectivity index (χ1v) is 7.60. The Labute approximate surface area is 116 Å². The van der Waals surface area contributed by atoms with Gasteiger partial charge in [-0.05, 0) is 33.6 Å². The highest BCUT2D eigenvalue weighted by Gasteiger charge is 2.14. The van der Waals surface area contributed by atoms with Gasteiger partial charge in [0.1, 0.15) is 17.5 Å². The molecular formula is C15H26N4. The lowest BCUT2D eigenvalue weighted by molar-refractivity contribution is 0.726. The van der Waals surface area contributed by atoms with Gasteiger partial charge < -0.3 is 9.80 Å². The van der Waals surface area contributed by atoms with E-state index in [0.29, 0.717) is 0 Å². The van der Waals surface area contributed by atoms with E-state index in [2.05, 4.69) is 39.7 Å². The van der Waals surface area contributed by atoms with Gasteiger partial charge in [-0.2, -0.15) is 0 Å². The van der Waals surface area contributed by atoms with Crippen molar-refractivity contribution >= 4 is 11.6 Å². The fraction of sp³-hybridized carbons (Fsp3) is 0.733. The fourth-order valence-corrected chi connectivity index (χ4v) is 2.71. The second kappa shape index (κ2) is 6.73. The average molecular weight is 262 g/mol. The first kappa shape index (κ1) is 14.1. The molecule has 0 amide bonds. The summed E-state index contributed by atoms with van der Waals surface area (Å²) < 4.78 is 0. The number of aromatic nitrogens is 2. The number of rotatable bonds is 4. The monoisotopic (exact) mass is 262 g/mol. The molecule has 1 fully saturated rings. The maximum absolute atomic E-state index is 4.64. The highest BCUT2D eigenvalue weighted by Crippen LogP contribution is 2.22. The van der Waals surface area contributed by atoms with Crippen molar-refractivity contribution in [3.8, 4) is 0 Å². The Morgan fingerprint density at radius 1 is 1.05 bits per heavy atom. The molecule has 0 unspecified atom stereocenters. The van der Waals surface area contributed by atoms with E-state index in [1.54, 1.807) is 0 Å². The molecule has 1 saturated heterocycles. The minimum Gasteiger partial charge on any atom is -0.357 e. The summed E-state index contributed by atoms with van der Waals surface area (Å²) in [6.07, 6.45) is 5.26. The molecule has 0 radical (unpaired) electrons. The van der Waals surface area contributed by atoms with Crippen molar-refractivity contribution in [2.75, 3.05) is 36.0 Å². The summed E-state index contributed by atoms with van der Waals surface area (Å²) in [5, 5.41) is 0. The van der Waals surface area contributed by atoms with Crippen molar-refractivity contribution in [3.63, 3.8) is 0 Å². The molecule has 2 rings (SSSR count). The van der Waals surface area contributed by atoms with E-state index in [0.717, 1.165) is 43.6 Å². The molecule has 4 nitrogen and oxygen atoms in total. The lowest BCUT2D eigenvalue weighted by atomic mass is 10.2. The van der Waals surface area contributed by atoms with Gasteiger partial charge in [0, 0.05) is 32.2 Å². The van der Waals surface area contributed by atoms with Gasteiger partial charge >= 0.3 is 0 Å². The third kappa shape index (κ3) is 3.58. The SMILES string of the molecule is CCN(CC)c1cc(N2CCCCCC2)nc(C)n1. The molecule has 0 bridgehead atoms. The third-order valence-electron chi connectivity index (χ3n) is 3.83. The second-order valence-electron chi connectivity index (χ2n) is 5.21. The Kier molecular flexibility index (Phi) is 5.00. The number of nitrogens with zero attached hydrogens (tertiary/aromatic N) is 4. The standard InChI is InChI=1S/C15H26N4/c1-4-18(5-2)14-12-15(17-13(3)16-14)19-10-8-6-7-9-11-19/h12H,4-11H2,1-3H3. The Morgan fingerprint density at radius 3 is 2.26 bits per heavy atom. The largest absolute Gasteiger partial charge is 0.357 e. The van der Waals surface area contributed by atoms with Gasteiger partial charge in [0.15, 0.2) is 0 Å². The van der Waals surface area contributed by atoms with Crippen LogP contribution in [-0.4, -0.2) is 36.1 Å². The van der Waals surface area contributed by atoms with Gasteiger partial charge in [-0.25, -0.2) is 9.97 Å². The Bertz CT molecular complexity index is 393. The molecule has 0 N–H and O–H groups in total. The molecule has 0 aliphatic carbocycles. The molecule has 0 aromatic carbocycles. The van der Waals surface area contributed by atoms with Crippen LogP contribution in [0, 0.1) is 6.92 Å². The number of anilines is 2. The number of hydrogen-bond donors (Lipinski definition) is 0. The van der Waals surface area contributed by atoms with Gasteiger partial charge in [-0.1, -0.05) is 12.8 Å². The molecule has 0 atom stereocenters. The summed E-state index contributed by atoms with van der Waals surface area (Å²) in [6.45, 7) is 10.6. The summed E-state index contributed by atoms with van der Waals surface area (Å²) in [7, 11) is 0. The molecule has 4 heteroatoms. The van der Waals surface area contributed by atoms with Crippen LogP contribution in [0.5, 0.6) is 0 Å². The van der Waals surface area contributed by atoms with Gasteiger partial charge in [-0.15, -0.1) is 0 Å². The zero-order valence-electron chi connectivity index (χ0n) is 12.5. The van der Waals surface area contributed by atoms with Crippen molar-refractivity contribution in [2.24, 2.45) is 0 Å². The summed E-state index contributed by atoms with van der Waals surface area (Å²) in [5.41, 5.74) is 0. The van der Waals surface area contributed by atoms with Crippen LogP contribution in [-0.2, 0) is 0 Å². The minimum atomic E-state index is 0.878. The quantitative estimate of drug-likeness (QED) is 0.835. The van der Waals surface area contributed by atoms with Crippen LogP contribution in [0.25, 0.3) is 0 Å². The van der Waals surface area contributed by atoms with E-state index >= 15 is 0 Å². The predicted octanol–water partition coefficient (Wildman–Crippen LogP) is 3.01. The van der Waals surface area contributed by atoms with Gasteiger partial charge in [0.05, 0.1) is 0 Å². The minimum absolute atomic E-state index is 0.878. The maximum atomic E-state index is 4.64. The number of aryl methyl sites for hydroxylation is 1. The zero-order valence-corrected chi connectivity index (χ0v) is 12.5. The van der Waals surface area contributed by atoms with Crippen LogP contribution in [0.2, 0.25) is 0 Å². The molecule has 19 heavy (non-hydrogen) atoms. The van der Waals surface area contributed by atoms with Gasteiger partial charge in [0.2, 0.25) is 0 Å². The van der Waals surface area contributed by atoms with E-state index in [-0.39, 0.29) is 0 Å². The van der Waals surface area contributed by atoms with Crippen molar-refractivity contribution in [3.05, 3.63) is 11.9 Å². The topological polar surface area (TPSA) is 32.3 Å². The molecule has 106 valence electrons. The van der Waals surface area contributed by atoms with E-state index in [9.17, 15) is 0 Å². The molecule has 1 aromatic rings. The van der Waals surface area contributed by atoms with Crippen LogP contribution in [0.3, 0.4) is 0 Å². The predicted molar refractivity (Wildman–Crippen MR) is 81.0 cm³/mol. The lowest BCUT2D eigenvalue weighted by Crippen LogP contribution is -2.27. The molecule has 1 aliphatic rings. The first-order valence-electron chi connectivity index (χ1n) is 7.60. The summed E-state index contributed by atoms with van der Waals surface area (Å²) in [4.78, 5) is 13.9. The van der Waals surface area contributed by atoms with E-state index in [4.69, 9.17) is 0 Å². The van der Waals surface area contributed by atoms with E-state index < -0.39 is 0 Å². The highest BCUT2D eigenvalue weighted by molar-refractivity contribution is 5.51. The molecule has 0 saturated carbocycles. The summed E-state index contributed by atoms with van der Waals surface area (Å²) in [5.74, 6) is 3.05. The van der Waals surface area contributed by atoms with E-state index in [1.807, 2.05) is 6.92 Å². The van der Waals surface area contributed by atoms with Crippen LogP contribution < -0.4 is 9.80 Å². The molecule has 2 heterocycles.